The first kappa shape index (κ1) is 16.2. The number of fused-ring (bicyclic) bond motifs is 3. The summed E-state index contributed by atoms with van der Waals surface area (Å²) in [6, 6.07) is 2.81. The number of carbonyl (C=O) groups is 2. The Morgan fingerprint density at radius 3 is 2.50 bits per heavy atom. The molecule has 0 atom stereocenters. The highest BCUT2D eigenvalue weighted by Crippen LogP contribution is 2.25. The summed E-state index contributed by atoms with van der Waals surface area (Å²) in [7, 11) is 0. The Morgan fingerprint density at radius 2 is 1.88 bits per heavy atom. The number of hydrogen-bond donors (Lipinski definition) is 1. The van der Waals surface area contributed by atoms with Crippen LogP contribution in [-0.2, 0) is 4.74 Å². The number of imidazole rings is 1. The quantitative estimate of drug-likeness (QED) is 0.715. The predicted molar refractivity (Wildman–Crippen MR) is 87.6 cm³/mol. The van der Waals surface area contributed by atoms with Crippen LogP contribution in [0.5, 0.6) is 0 Å². The third-order valence-corrected chi connectivity index (χ3v) is 3.55. The lowest BCUT2D eigenvalue weighted by Gasteiger charge is -2.19. The molecule has 8 heteroatoms. The standard InChI is InChI=1S/C16H14ClN3O4/c1-16(2,3)24-15(23)13-19-7-8-6-18-11-5-10(17)9(14(21)22)4-12(11)20(8)13/h4-7H,1-3H3,(H,21,22). The first-order valence-corrected chi connectivity index (χ1v) is 7.47. The molecule has 0 aliphatic heterocycles. The van der Waals surface area contributed by atoms with E-state index in [2.05, 4.69) is 9.97 Å². The number of carboxylic acids is 1. The van der Waals surface area contributed by atoms with Crippen molar-refractivity contribution in [2.24, 2.45) is 0 Å². The molecule has 7 nitrogen and oxygen atoms in total. The number of aromatic carboxylic acids is 1. The van der Waals surface area contributed by atoms with E-state index in [-0.39, 0.29) is 16.4 Å². The molecule has 24 heavy (non-hydrogen) atoms. The highest BCUT2D eigenvalue weighted by atomic mass is 35.5. The fourth-order valence-electron chi connectivity index (χ4n) is 2.31. The van der Waals surface area contributed by atoms with Gasteiger partial charge in [-0.2, -0.15) is 0 Å². The number of benzene rings is 1. The Hall–Kier alpha value is -2.67. The van der Waals surface area contributed by atoms with Crippen LogP contribution >= 0.6 is 11.6 Å². The maximum atomic E-state index is 12.4. The summed E-state index contributed by atoms with van der Waals surface area (Å²) in [6.07, 6.45) is 3.00. The number of carboxylic acid groups (broad SMARTS) is 1. The van der Waals surface area contributed by atoms with Crippen LogP contribution in [0.1, 0.15) is 41.7 Å². The average Bonchev–Trinajstić information content (AvgIpc) is 2.88. The van der Waals surface area contributed by atoms with E-state index in [1.165, 1.54) is 28.9 Å². The van der Waals surface area contributed by atoms with Crippen LogP contribution in [0.2, 0.25) is 5.02 Å². The molecule has 124 valence electrons. The number of nitrogens with zero attached hydrogens (tertiary/aromatic N) is 3. The Labute approximate surface area is 141 Å². The van der Waals surface area contributed by atoms with Gasteiger partial charge in [-0.15, -0.1) is 0 Å². The predicted octanol–water partition coefficient (Wildman–Crippen LogP) is 3.19. The molecule has 0 saturated heterocycles. The molecular weight excluding hydrogens is 334 g/mol. The maximum absolute atomic E-state index is 12.4. The lowest BCUT2D eigenvalue weighted by molar-refractivity contribution is 0.00552. The van der Waals surface area contributed by atoms with E-state index in [0.717, 1.165) is 0 Å². The largest absolute Gasteiger partial charge is 0.478 e. The maximum Gasteiger partial charge on any atom is 0.375 e. The van der Waals surface area contributed by atoms with Gasteiger partial charge in [-0.05, 0) is 32.9 Å². The van der Waals surface area contributed by atoms with Crippen molar-refractivity contribution in [1.82, 2.24) is 14.4 Å². The van der Waals surface area contributed by atoms with Crippen molar-refractivity contribution in [2.75, 3.05) is 0 Å². The molecule has 3 rings (SSSR count). The number of aromatic nitrogens is 3. The molecule has 0 spiro atoms. The summed E-state index contributed by atoms with van der Waals surface area (Å²) in [5, 5.41) is 9.33. The van der Waals surface area contributed by atoms with Crippen molar-refractivity contribution in [2.45, 2.75) is 26.4 Å². The van der Waals surface area contributed by atoms with Gasteiger partial charge in [0.25, 0.3) is 0 Å². The molecule has 2 heterocycles. The number of halogens is 1. The molecule has 0 fully saturated rings. The SMILES string of the molecule is CC(C)(C)OC(=O)c1ncc2cnc3cc(Cl)c(C(=O)O)cc3n12. The number of esters is 1. The Balaban J connectivity index is 2.29. The first-order valence-electron chi connectivity index (χ1n) is 7.10. The van der Waals surface area contributed by atoms with Crippen molar-refractivity contribution >= 4 is 40.1 Å². The second-order valence-corrected chi connectivity index (χ2v) is 6.64. The van der Waals surface area contributed by atoms with Crippen molar-refractivity contribution < 1.29 is 19.4 Å². The zero-order valence-electron chi connectivity index (χ0n) is 13.2. The van der Waals surface area contributed by atoms with Gasteiger partial charge in [-0.25, -0.2) is 14.6 Å². The van der Waals surface area contributed by atoms with E-state index in [4.69, 9.17) is 16.3 Å². The zero-order chi connectivity index (χ0) is 17.6. The lowest BCUT2D eigenvalue weighted by atomic mass is 10.2. The van der Waals surface area contributed by atoms with Crippen molar-refractivity contribution in [1.29, 1.82) is 0 Å². The summed E-state index contributed by atoms with van der Waals surface area (Å²) < 4.78 is 6.87. The van der Waals surface area contributed by atoms with Crippen LogP contribution < -0.4 is 0 Å². The molecule has 0 saturated carbocycles. The summed E-state index contributed by atoms with van der Waals surface area (Å²) in [5.74, 6) is -1.73. The summed E-state index contributed by atoms with van der Waals surface area (Å²) in [4.78, 5) is 32.0. The van der Waals surface area contributed by atoms with Crippen molar-refractivity contribution in [3.05, 3.63) is 40.9 Å². The molecule has 0 aliphatic carbocycles. The molecule has 0 bridgehead atoms. The van der Waals surface area contributed by atoms with Crippen LogP contribution in [0.15, 0.2) is 24.5 Å². The van der Waals surface area contributed by atoms with Gasteiger partial charge in [0.2, 0.25) is 5.82 Å². The van der Waals surface area contributed by atoms with Crippen molar-refractivity contribution in [3.8, 4) is 0 Å². The van der Waals surface area contributed by atoms with Crippen LogP contribution in [0.3, 0.4) is 0 Å². The molecule has 2 aromatic heterocycles. The minimum absolute atomic E-state index is 0.0472. The molecule has 1 N–H and O–H groups in total. The zero-order valence-corrected chi connectivity index (χ0v) is 14.0. The van der Waals surface area contributed by atoms with E-state index >= 15 is 0 Å². The Kier molecular flexibility index (Phi) is 3.68. The number of rotatable bonds is 2. The Bertz CT molecular complexity index is 988. The molecule has 3 aromatic rings. The molecular formula is C16H14ClN3O4. The highest BCUT2D eigenvalue weighted by molar-refractivity contribution is 6.34. The minimum atomic E-state index is -1.17. The number of ether oxygens (including phenoxy) is 1. The van der Waals surface area contributed by atoms with Gasteiger partial charge >= 0.3 is 11.9 Å². The number of carbonyl (C=O) groups excluding carboxylic acids is 1. The van der Waals surface area contributed by atoms with Gasteiger partial charge in [-0.3, -0.25) is 9.38 Å². The Morgan fingerprint density at radius 1 is 1.21 bits per heavy atom. The van der Waals surface area contributed by atoms with Gasteiger partial charge in [0.15, 0.2) is 0 Å². The second-order valence-electron chi connectivity index (χ2n) is 6.23. The first-order chi connectivity index (χ1) is 11.2. The van der Waals surface area contributed by atoms with Crippen LogP contribution in [-0.4, -0.2) is 37.0 Å². The summed E-state index contributed by atoms with van der Waals surface area (Å²) in [6.45, 7) is 5.26. The normalized spacial score (nSPS) is 11.8. The third-order valence-electron chi connectivity index (χ3n) is 3.24. The van der Waals surface area contributed by atoms with E-state index in [9.17, 15) is 14.7 Å². The fraction of sp³-hybridized carbons (Fsp3) is 0.250. The highest BCUT2D eigenvalue weighted by Gasteiger charge is 2.23. The van der Waals surface area contributed by atoms with Crippen LogP contribution in [0.25, 0.3) is 16.6 Å². The number of hydrogen-bond acceptors (Lipinski definition) is 5. The van der Waals surface area contributed by atoms with E-state index < -0.39 is 17.5 Å². The van der Waals surface area contributed by atoms with Gasteiger partial charge < -0.3 is 9.84 Å². The monoisotopic (exact) mass is 347 g/mol. The third kappa shape index (κ3) is 2.78. The van der Waals surface area contributed by atoms with E-state index in [1.807, 2.05) is 0 Å². The molecule has 1 aromatic carbocycles. The molecule has 0 aliphatic rings. The fourth-order valence-corrected chi connectivity index (χ4v) is 2.55. The molecule has 0 radical (unpaired) electrons. The molecule has 0 unspecified atom stereocenters. The summed E-state index contributed by atoms with van der Waals surface area (Å²) >= 11 is 5.98. The average molecular weight is 348 g/mol. The van der Waals surface area contributed by atoms with Crippen molar-refractivity contribution in [3.63, 3.8) is 0 Å². The van der Waals surface area contributed by atoms with E-state index in [1.54, 1.807) is 20.8 Å². The van der Waals surface area contributed by atoms with Gasteiger partial charge in [0, 0.05) is 0 Å². The second kappa shape index (κ2) is 5.45. The topological polar surface area (TPSA) is 93.8 Å². The minimum Gasteiger partial charge on any atom is -0.478 e. The van der Waals surface area contributed by atoms with Crippen LogP contribution in [0, 0.1) is 0 Å². The molecule has 0 amide bonds. The van der Waals surface area contributed by atoms with E-state index in [0.29, 0.717) is 16.6 Å². The van der Waals surface area contributed by atoms with Gasteiger partial charge in [0.1, 0.15) is 5.60 Å². The smallest absolute Gasteiger partial charge is 0.375 e. The van der Waals surface area contributed by atoms with Crippen LogP contribution in [0.4, 0.5) is 0 Å². The van der Waals surface area contributed by atoms with Gasteiger partial charge in [-0.1, -0.05) is 11.6 Å². The lowest BCUT2D eigenvalue weighted by Crippen LogP contribution is -2.25. The summed E-state index contributed by atoms with van der Waals surface area (Å²) in [5.41, 5.74) is 0.638. The van der Waals surface area contributed by atoms with Gasteiger partial charge in [0.05, 0.1) is 39.5 Å².